The molecule has 0 amide bonds. The molecular formula is C18H23N7. The number of aromatic nitrogens is 6. The van der Waals surface area contributed by atoms with Crippen LogP contribution in [0.15, 0.2) is 37.1 Å². The van der Waals surface area contributed by atoms with Crippen molar-refractivity contribution in [3.8, 4) is 5.82 Å². The van der Waals surface area contributed by atoms with E-state index < -0.39 is 0 Å². The first-order valence-corrected chi connectivity index (χ1v) is 8.76. The summed E-state index contributed by atoms with van der Waals surface area (Å²) >= 11 is 0. The van der Waals surface area contributed by atoms with Crippen LogP contribution in [-0.4, -0.2) is 42.4 Å². The van der Waals surface area contributed by atoms with E-state index >= 15 is 0 Å². The summed E-state index contributed by atoms with van der Waals surface area (Å²) in [7, 11) is 0. The maximum absolute atomic E-state index is 4.74. The monoisotopic (exact) mass is 337 g/mol. The van der Waals surface area contributed by atoms with Gasteiger partial charge in [-0.1, -0.05) is 0 Å². The van der Waals surface area contributed by atoms with Crippen LogP contribution in [0, 0.1) is 19.8 Å². The SMILES string of the molecule is Cc1cc(C)n(-c2ccnc(N3CCC(Cn4ccnc4)CC3)n2)n1. The fraction of sp³-hybridized carbons (Fsp3) is 0.444. The van der Waals surface area contributed by atoms with E-state index in [-0.39, 0.29) is 0 Å². The first kappa shape index (κ1) is 15.8. The van der Waals surface area contributed by atoms with Gasteiger partial charge in [0.15, 0.2) is 5.82 Å². The highest BCUT2D eigenvalue weighted by atomic mass is 15.3. The molecule has 0 atom stereocenters. The summed E-state index contributed by atoms with van der Waals surface area (Å²) in [5.74, 6) is 2.31. The van der Waals surface area contributed by atoms with Crippen molar-refractivity contribution in [1.29, 1.82) is 0 Å². The van der Waals surface area contributed by atoms with Gasteiger partial charge in [0.05, 0.1) is 12.0 Å². The minimum absolute atomic E-state index is 0.685. The standard InChI is InChI=1S/C18H23N7/c1-14-11-15(2)25(22-14)17-3-6-20-18(21-17)24-8-4-16(5-9-24)12-23-10-7-19-13-23/h3,6-7,10-11,13,16H,4-5,8-9,12H2,1-2H3. The van der Waals surface area contributed by atoms with E-state index in [1.54, 1.807) is 0 Å². The summed E-state index contributed by atoms with van der Waals surface area (Å²) in [4.78, 5) is 15.6. The zero-order chi connectivity index (χ0) is 17.2. The Hall–Kier alpha value is -2.70. The molecule has 0 aliphatic carbocycles. The quantitative estimate of drug-likeness (QED) is 0.731. The number of rotatable bonds is 4. The predicted molar refractivity (Wildman–Crippen MR) is 95.8 cm³/mol. The van der Waals surface area contributed by atoms with Crippen molar-refractivity contribution in [3.05, 3.63) is 48.4 Å². The van der Waals surface area contributed by atoms with Crippen LogP contribution in [0.5, 0.6) is 0 Å². The Bertz CT molecular complexity index is 829. The van der Waals surface area contributed by atoms with Gasteiger partial charge in [0.25, 0.3) is 0 Å². The van der Waals surface area contributed by atoms with Gasteiger partial charge < -0.3 is 9.47 Å². The van der Waals surface area contributed by atoms with Gasteiger partial charge in [-0.05, 0) is 38.7 Å². The van der Waals surface area contributed by atoms with Gasteiger partial charge in [0.1, 0.15) is 0 Å². The summed E-state index contributed by atoms with van der Waals surface area (Å²) in [6.45, 7) is 7.06. The van der Waals surface area contributed by atoms with Crippen molar-refractivity contribution < 1.29 is 0 Å². The highest BCUT2D eigenvalue weighted by molar-refractivity contribution is 5.36. The van der Waals surface area contributed by atoms with Crippen LogP contribution in [0.4, 0.5) is 5.95 Å². The summed E-state index contributed by atoms with van der Waals surface area (Å²) in [5, 5.41) is 4.52. The second-order valence-corrected chi connectivity index (χ2v) is 6.74. The third kappa shape index (κ3) is 3.40. The van der Waals surface area contributed by atoms with Crippen molar-refractivity contribution in [2.45, 2.75) is 33.2 Å². The topological polar surface area (TPSA) is 64.7 Å². The molecule has 7 heteroatoms. The van der Waals surface area contributed by atoms with Gasteiger partial charge in [0.2, 0.25) is 5.95 Å². The van der Waals surface area contributed by atoms with E-state index in [1.165, 1.54) is 0 Å². The second kappa shape index (κ2) is 6.66. The molecule has 1 aliphatic heterocycles. The Kier molecular flexibility index (Phi) is 4.21. The fourth-order valence-electron chi connectivity index (χ4n) is 3.48. The minimum Gasteiger partial charge on any atom is -0.341 e. The number of hydrogen-bond acceptors (Lipinski definition) is 5. The predicted octanol–water partition coefficient (Wildman–Crippen LogP) is 2.39. The number of imidazole rings is 1. The van der Waals surface area contributed by atoms with Crippen LogP contribution in [0.25, 0.3) is 5.82 Å². The van der Waals surface area contributed by atoms with Gasteiger partial charge in [-0.15, -0.1) is 0 Å². The van der Waals surface area contributed by atoms with Gasteiger partial charge >= 0.3 is 0 Å². The zero-order valence-corrected chi connectivity index (χ0v) is 14.7. The van der Waals surface area contributed by atoms with E-state index in [1.807, 2.05) is 49.5 Å². The van der Waals surface area contributed by atoms with Crippen LogP contribution in [0.2, 0.25) is 0 Å². The molecule has 130 valence electrons. The van der Waals surface area contributed by atoms with Crippen LogP contribution in [0.3, 0.4) is 0 Å². The molecule has 0 spiro atoms. The summed E-state index contributed by atoms with van der Waals surface area (Å²) < 4.78 is 4.05. The summed E-state index contributed by atoms with van der Waals surface area (Å²) in [5.41, 5.74) is 2.08. The second-order valence-electron chi connectivity index (χ2n) is 6.74. The number of hydrogen-bond donors (Lipinski definition) is 0. The highest BCUT2D eigenvalue weighted by Crippen LogP contribution is 2.22. The molecule has 3 aromatic rings. The van der Waals surface area contributed by atoms with Crippen molar-refractivity contribution in [2.75, 3.05) is 18.0 Å². The lowest BCUT2D eigenvalue weighted by atomic mass is 9.97. The molecule has 1 fully saturated rings. The average Bonchev–Trinajstić information content (AvgIpc) is 3.25. The minimum atomic E-state index is 0.685. The van der Waals surface area contributed by atoms with E-state index in [0.29, 0.717) is 5.92 Å². The lowest BCUT2D eigenvalue weighted by molar-refractivity contribution is 0.354. The molecular weight excluding hydrogens is 314 g/mol. The zero-order valence-electron chi connectivity index (χ0n) is 14.7. The molecule has 0 bridgehead atoms. The van der Waals surface area contributed by atoms with Crippen LogP contribution in [-0.2, 0) is 6.54 Å². The molecule has 0 aromatic carbocycles. The Morgan fingerprint density at radius 2 is 2.00 bits per heavy atom. The lowest BCUT2D eigenvalue weighted by Gasteiger charge is -2.32. The first-order valence-electron chi connectivity index (χ1n) is 8.76. The maximum Gasteiger partial charge on any atom is 0.227 e. The molecule has 0 radical (unpaired) electrons. The van der Waals surface area contributed by atoms with E-state index in [0.717, 1.165) is 55.6 Å². The molecule has 0 saturated carbocycles. The highest BCUT2D eigenvalue weighted by Gasteiger charge is 2.21. The molecule has 3 aromatic heterocycles. The van der Waals surface area contributed by atoms with Crippen molar-refractivity contribution >= 4 is 5.95 Å². The lowest BCUT2D eigenvalue weighted by Crippen LogP contribution is -2.36. The summed E-state index contributed by atoms with van der Waals surface area (Å²) in [6.07, 6.45) is 9.89. The third-order valence-electron chi connectivity index (χ3n) is 4.78. The Labute approximate surface area is 147 Å². The first-order chi connectivity index (χ1) is 12.2. The Morgan fingerprint density at radius 1 is 1.16 bits per heavy atom. The fourth-order valence-corrected chi connectivity index (χ4v) is 3.48. The molecule has 25 heavy (non-hydrogen) atoms. The third-order valence-corrected chi connectivity index (χ3v) is 4.78. The van der Waals surface area contributed by atoms with Crippen molar-refractivity contribution in [1.82, 2.24) is 29.3 Å². The molecule has 7 nitrogen and oxygen atoms in total. The van der Waals surface area contributed by atoms with Crippen LogP contribution < -0.4 is 4.90 Å². The van der Waals surface area contributed by atoms with Gasteiger partial charge in [-0.25, -0.2) is 14.6 Å². The molecule has 4 heterocycles. The summed E-state index contributed by atoms with van der Waals surface area (Å²) in [6, 6.07) is 3.97. The molecule has 1 aliphatic rings. The van der Waals surface area contributed by atoms with E-state index in [9.17, 15) is 0 Å². The van der Waals surface area contributed by atoms with Crippen molar-refractivity contribution in [3.63, 3.8) is 0 Å². The average molecular weight is 337 g/mol. The van der Waals surface area contributed by atoms with Gasteiger partial charge in [-0.3, -0.25) is 0 Å². The molecule has 0 unspecified atom stereocenters. The van der Waals surface area contributed by atoms with Crippen LogP contribution >= 0.6 is 0 Å². The molecule has 0 N–H and O–H groups in total. The molecule has 1 saturated heterocycles. The van der Waals surface area contributed by atoms with Crippen LogP contribution in [0.1, 0.15) is 24.2 Å². The van der Waals surface area contributed by atoms with E-state index in [4.69, 9.17) is 4.98 Å². The number of nitrogens with zero attached hydrogens (tertiary/aromatic N) is 7. The largest absolute Gasteiger partial charge is 0.341 e. The molecule has 4 rings (SSSR count). The smallest absolute Gasteiger partial charge is 0.227 e. The maximum atomic E-state index is 4.74. The van der Waals surface area contributed by atoms with E-state index in [2.05, 4.69) is 30.6 Å². The number of anilines is 1. The van der Waals surface area contributed by atoms with Gasteiger partial charge in [-0.2, -0.15) is 10.1 Å². The number of aryl methyl sites for hydroxylation is 2. The van der Waals surface area contributed by atoms with Gasteiger partial charge in [0, 0.05) is 50.0 Å². The van der Waals surface area contributed by atoms with Crippen molar-refractivity contribution in [2.24, 2.45) is 5.92 Å². The Balaban J connectivity index is 1.44. The normalized spacial score (nSPS) is 15.7. The Morgan fingerprint density at radius 3 is 2.68 bits per heavy atom. The number of piperidine rings is 1.